The molecule has 0 fully saturated rings. The zero-order valence-electron chi connectivity index (χ0n) is 7.81. The molecule has 72 valence electrons. The van der Waals surface area contributed by atoms with Gasteiger partial charge >= 0.3 is 0 Å². The van der Waals surface area contributed by atoms with Gasteiger partial charge in [-0.1, -0.05) is 0 Å². The van der Waals surface area contributed by atoms with E-state index < -0.39 is 0 Å². The van der Waals surface area contributed by atoms with Crippen LogP contribution in [0.4, 0.5) is 0 Å². The van der Waals surface area contributed by atoms with Gasteiger partial charge in [0, 0.05) is 11.9 Å². The molecule has 0 saturated carbocycles. The number of hydrogen-bond acceptors (Lipinski definition) is 2. The van der Waals surface area contributed by atoms with Gasteiger partial charge in [0.1, 0.15) is 0 Å². The average molecular weight is 208 g/mol. The molecule has 0 unspecified atom stereocenters. The van der Waals surface area contributed by atoms with Crippen LogP contribution in [0.15, 0.2) is 30.9 Å². The second-order valence-corrected chi connectivity index (χ2v) is 3.33. The SMILES string of the molecule is Cc1ccc(-n2cnc(CCl)c2)cn1. The minimum atomic E-state index is 0.437. The fourth-order valence-corrected chi connectivity index (χ4v) is 1.32. The van der Waals surface area contributed by atoms with E-state index in [0.717, 1.165) is 17.1 Å². The molecule has 0 amide bonds. The Bertz CT molecular complexity index is 419. The lowest BCUT2D eigenvalue weighted by atomic mass is 10.3. The predicted molar refractivity (Wildman–Crippen MR) is 55.7 cm³/mol. The summed E-state index contributed by atoms with van der Waals surface area (Å²) in [6.07, 6.45) is 5.46. The first-order valence-electron chi connectivity index (χ1n) is 4.31. The van der Waals surface area contributed by atoms with Crippen molar-refractivity contribution in [2.45, 2.75) is 12.8 Å². The average Bonchev–Trinajstić information content (AvgIpc) is 2.67. The Morgan fingerprint density at radius 3 is 2.79 bits per heavy atom. The number of nitrogens with zero attached hydrogens (tertiary/aromatic N) is 3. The highest BCUT2D eigenvalue weighted by Gasteiger charge is 1.99. The molecule has 14 heavy (non-hydrogen) atoms. The molecule has 0 bridgehead atoms. The summed E-state index contributed by atoms with van der Waals surface area (Å²) in [5.74, 6) is 0.437. The molecule has 0 aromatic carbocycles. The van der Waals surface area contributed by atoms with E-state index in [2.05, 4.69) is 9.97 Å². The van der Waals surface area contributed by atoms with Crippen molar-refractivity contribution in [3.63, 3.8) is 0 Å². The first kappa shape index (κ1) is 9.21. The van der Waals surface area contributed by atoms with Crippen molar-refractivity contribution in [2.24, 2.45) is 0 Å². The van der Waals surface area contributed by atoms with Crippen molar-refractivity contribution in [1.82, 2.24) is 14.5 Å². The molecule has 2 aromatic rings. The predicted octanol–water partition coefficient (Wildman–Crippen LogP) is 2.31. The number of alkyl halides is 1. The maximum atomic E-state index is 5.66. The van der Waals surface area contributed by atoms with Gasteiger partial charge in [-0.25, -0.2) is 4.98 Å². The largest absolute Gasteiger partial charge is 0.304 e. The van der Waals surface area contributed by atoms with Crippen molar-refractivity contribution in [3.05, 3.63) is 42.2 Å². The van der Waals surface area contributed by atoms with E-state index in [1.807, 2.05) is 36.0 Å². The molecule has 0 aliphatic heterocycles. The number of aromatic nitrogens is 3. The van der Waals surface area contributed by atoms with Gasteiger partial charge in [0.05, 0.1) is 29.8 Å². The molecule has 0 spiro atoms. The summed E-state index contributed by atoms with van der Waals surface area (Å²) in [7, 11) is 0. The quantitative estimate of drug-likeness (QED) is 0.708. The topological polar surface area (TPSA) is 30.7 Å². The standard InChI is InChI=1S/C10H10ClN3/c1-8-2-3-10(5-12-8)14-6-9(4-11)13-7-14/h2-3,5-7H,4H2,1H3. The summed E-state index contributed by atoms with van der Waals surface area (Å²) in [6.45, 7) is 1.96. The molecule has 0 aliphatic rings. The van der Waals surface area contributed by atoms with Crippen molar-refractivity contribution in [2.75, 3.05) is 0 Å². The number of aryl methyl sites for hydroxylation is 1. The molecular formula is C10H10ClN3. The van der Waals surface area contributed by atoms with E-state index in [1.165, 1.54) is 0 Å². The van der Waals surface area contributed by atoms with E-state index in [1.54, 1.807) is 6.33 Å². The third-order valence-corrected chi connectivity index (χ3v) is 2.24. The number of hydrogen-bond donors (Lipinski definition) is 0. The molecule has 3 nitrogen and oxygen atoms in total. The summed E-state index contributed by atoms with van der Waals surface area (Å²) < 4.78 is 1.91. The Morgan fingerprint density at radius 2 is 2.21 bits per heavy atom. The fraction of sp³-hybridized carbons (Fsp3) is 0.200. The summed E-state index contributed by atoms with van der Waals surface area (Å²) >= 11 is 5.66. The highest BCUT2D eigenvalue weighted by molar-refractivity contribution is 6.16. The van der Waals surface area contributed by atoms with Gasteiger partial charge in [-0.2, -0.15) is 0 Å². The fourth-order valence-electron chi connectivity index (χ4n) is 1.19. The van der Waals surface area contributed by atoms with Crippen molar-refractivity contribution in [1.29, 1.82) is 0 Å². The van der Waals surface area contributed by atoms with E-state index in [-0.39, 0.29) is 0 Å². The van der Waals surface area contributed by atoms with Crippen LogP contribution in [0.5, 0.6) is 0 Å². The molecule has 0 atom stereocenters. The van der Waals surface area contributed by atoms with Gasteiger partial charge in [0.25, 0.3) is 0 Å². The molecule has 2 heterocycles. The third kappa shape index (κ3) is 1.77. The lowest BCUT2D eigenvalue weighted by molar-refractivity contribution is 1.03. The lowest BCUT2D eigenvalue weighted by Gasteiger charge is -2.00. The zero-order chi connectivity index (χ0) is 9.97. The second kappa shape index (κ2) is 3.80. The zero-order valence-corrected chi connectivity index (χ0v) is 8.57. The minimum absolute atomic E-state index is 0.437. The number of pyridine rings is 1. The number of halogens is 1. The Balaban J connectivity index is 2.34. The summed E-state index contributed by atoms with van der Waals surface area (Å²) in [4.78, 5) is 8.35. The maximum Gasteiger partial charge on any atom is 0.0996 e. The van der Waals surface area contributed by atoms with Crippen molar-refractivity contribution in [3.8, 4) is 5.69 Å². The normalized spacial score (nSPS) is 10.4. The van der Waals surface area contributed by atoms with Crippen LogP contribution in [-0.4, -0.2) is 14.5 Å². The molecular weight excluding hydrogens is 198 g/mol. The monoisotopic (exact) mass is 207 g/mol. The minimum Gasteiger partial charge on any atom is -0.304 e. The first-order chi connectivity index (χ1) is 6.79. The van der Waals surface area contributed by atoms with Gasteiger partial charge in [-0.05, 0) is 19.1 Å². The molecule has 0 N–H and O–H groups in total. The Kier molecular flexibility index (Phi) is 2.50. The van der Waals surface area contributed by atoms with Crippen molar-refractivity contribution < 1.29 is 0 Å². The Hall–Kier alpha value is -1.35. The van der Waals surface area contributed by atoms with Gasteiger partial charge in [-0.3, -0.25) is 4.98 Å². The van der Waals surface area contributed by atoms with Crippen LogP contribution < -0.4 is 0 Å². The summed E-state index contributed by atoms with van der Waals surface area (Å²) in [6, 6.07) is 3.97. The summed E-state index contributed by atoms with van der Waals surface area (Å²) in [5.41, 5.74) is 2.87. The molecule has 2 rings (SSSR count). The van der Waals surface area contributed by atoms with Gasteiger partial charge < -0.3 is 4.57 Å². The Morgan fingerprint density at radius 1 is 1.36 bits per heavy atom. The number of rotatable bonds is 2. The summed E-state index contributed by atoms with van der Waals surface area (Å²) in [5, 5.41) is 0. The first-order valence-corrected chi connectivity index (χ1v) is 4.85. The highest BCUT2D eigenvalue weighted by Crippen LogP contribution is 2.08. The molecule has 0 aliphatic carbocycles. The maximum absolute atomic E-state index is 5.66. The molecule has 4 heteroatoms. The molecule has 0 saturated heterocycles. The smallest absolute Gasteiger partial charge is 0.0996 e. The van der Waals surface area contributed by atoms with Crippen LogP contribution >= 0.6 is 11.6 Å². The third-order valence-electron chi connectivity index (χ3n) is 1.97. The van der Waals surface area contributed by atoms with E-state index >= 15 is 0 Å². The Labute approximate surface area is 87.4 Å². The van der Waals surface area contributed by atoms with Crippen LogP contribution in [0.25, 0.3) is 5.69 Å². The van der Waals surface area contributed by atoms with Gasteiger partial charge in [-0.15, -0.1) is 11.6 Å². The van der Waals surface area contributed by atoms with Crippen LogP contribution in [0.3, 0.4) is 0 Å². The van der Waals surface area contributed by atoms with Crippen molar-refractivity contribution >= 4 is 11.6 Å². The van der Waals surface area contributed by atoms with E-state index in [9.17, 15) is 0 Å². The van der Waals surface area contributed by atoms with Crippen LogP contribution in [0, 0.1) is 6.92 Å². The van der Waals surface area contributed by atoms with E-state index in [4.69, 9.17) is 11.6 Å². The van der Waals surface area contributed by atoms with Crippen LogP contribution in [-0.2, 0) is 5.88 Å². The van der Waals surface area contributed by atoms with Crippen LogP contribution in [0.1, 0.15) is 11.4 Å². The highest BCUT2D eigenvalue weighted by atomic mass is 35.5. The van der Waals surface area contributed by atoms with Gasteiger partial charge in [0.15, 0.2) is 0 Å². The molecule has 2 aromatic heterocycles. The second-order valence-electron chi connectivity index (χ2n) is 3.06. The number of imidazole rings is 1. The lowest BCUT2D eigenvalue weighted by Crippen LogP contribution is -1.91. The van der Waals surface area contributed by atoms with Gasteiger partial charge in [0.2, 0.25) is 0 Å². The van der Waals surface area contributed by atoms with Crippen LogP contribution in [0.2, 0.25) is 0 Å². The van der Waals surface area contributed by atoms with E-state index in [0.29, 0.717) is 5.88 Å². The molecule has 0 radical (unpaired) electrons.